The number of amides is 1. The number of tetrazole rings is 1. The summed E-state index contributed by atoms with van der Waals surface area (Å²) in [6, 6.07) is 6.14. The highest BCUT2D eigenvalue weighted by molar-refractivity contribution is 5.75. The third kappa shape index (κ3) is 4.94. The largest absolute Gasteiger partial charge is 0.379 e. The Labute approximate surface area is 179 Å². The Morgan fingerprint density at radius 3 is 2.68 bits per heavy atom. The molecule has 1 amide bonds. The molecular weight excluding hydrogens is 403 g/mol. The van der Waals surface area contributed by atoms with Crippen LogP contribution in [-0.2, 0) is 29.2 Å². The van der Waals surface area contributed by atoms with Crippen LogP contribution in [0.2, 0.25) is 0 Å². The predicted molar refractivity (Wildman–Crippen MR) is 109 cm³/mol. The molecule has 1 N–H and O–H groups in total. The van der Waals surface area contributed by atoms with E-state index in [1.54, 1.807) is 16.8 Å². The summed E-state index contributed by atoms with van der Waals surface area (Å²) in [5, 5.41) is 19.2. The summed E-state index contributed by atoms with van der Waals surface area (Å²) in [5.41, 5.74) is 3.38. The van der Waals surface area contributed by atoms with E-state index in [-0.39, 0.29) is 18.3 Å². The summed E-state index contributed by atoms with van der Waals surface area (Å²) in [5.74, 6) is 0.158. The molecule has 0 radical (unpaired) electrons. The predicted octanol–water partition coefficient (Wildman–Crippen LogP) is 0.763. The Morgan fingerprint density at radius 2 is 1.94 bits per heavy atom. The van der Waals surface area contributed by atoms with Gasteiger partial charge in [0.25, 0.3) is 0 Å². The number of aryl methyl sites for hydroxylation is 1. The van der Waals surface area contributed by atoms with Crippen molar-refractivity contribution < 1.29 is 13.9 Å². The fraction of sp³-hybridized carbons (Fsp3) is 0.450. The van der Waals surface area contributed by atoms with Crippen LogP contribution in [-0.4, -0.2) is 67.1 Å². The highest BCUT2D eigenvalue weighted by atomic mass is 19.1. The first kappa shape index (κ1) is 21.1. The van der Waals surface area contributed by atoms with Crippen LogP contribution in [0.5, 0.6) is 0 Å². The van der Waals surface area contributed by atoms with Crippen molar-refractivity contribution in [2.24, 2.45) is 0 Å². The topological polar surface area (TPSA) is 103 Å². The van der Waals surface area contributed by atoms with Gasteiger partial charge in [-0.1, -0.05) is 0 Å². The molecule has 164 valence electrons. The van der Waals surface area contributed by atoms with Crippen LogP contribution in [0.1, 0.15) is 22.8 Å². The van der Waals surface area contributed by atoms with Gasteiger partial charge in [0, 0.05) is 30.9 Å². The van der Waals surface area contributed by atoms with Gasteiger partial charge in [-0.2, -0.15) is 5.10 Å². The first-order valence-corrected chi connectivity index (χ1v) is 10.1. The maximum absolute atomic E-state index is 13.2. The van der Waals surface area contributed by atoms with Gasteiger partial charge in [-0.25, -0.2) is 13.8 Å². The highest BCUT2D eigenvalue weighted by Crippen LogP contribution is 2.18. The maximum Gasteiger partial charge on any atom is 0.242 e. The minimum absolute atomic E-state index is 0.0386. The fourth-order valence-corrected chi connectivity index (χ4v) is 3.56. The lowest BCUT2D eigenvalue weighted by Gasteiger charge is -2.25. The molecule has 0 unspecified atom stereocenters. The molecule has 1 aliphatic heterocycles. The van der Waals surface area contributed by atoms with Crippen molar-refractivity contribution in [1.82, 2.24) is 40.2 Å². The van der Waals surface area contributed by atoms with Gasteiger partial charge in [-0.3, -0.25) is 9.69 Å². The van der Waals surface area contributed by atoms with Gasteiger partial charge < -0.3 is 10.1 Å². The zero-order valence-electron chi connectivity index (χ0n) is 17.6. The Bertz CT molecular complexity index is 1040. The molecule has 0 aliphatic carbocycles. The number of nitrogens with one attached hydrogen (secondary N) is 1. The van der Waals surface area contributed by atoms with E-state index in [2.05, 4.69) is 30.8 Å². The van der Waals surface area contributed by atoms with Gasteiger partial charge in [-0.15, -0.1) is 5.10 Å². The molecule has 2 aromatic heterocycles. The number of benzene rings is 1. The summed E-state index contributed by atoms with van der Waals surface area (Å²) in [7, 11) is 0. The van der Waals surface area contributed by atoms with Crippen LogP contribution in [0.4, 0.5) is 4.39 Å². The lowest BCUT2D eigenvalue weighted by Crippen LogP contribution is -2.37. The molecule has 1 saturated heterocycles. The normalized spacial score (nSPS) is 14.7. The molecule has 0 bridgehead atoms. The van der Waals surface area contributed by atoms with Gasteiger partial charge >= 0.3 is 0 Å². The smallest absolute Gasteiger partial charge is 0.242 e. The molecule has 0 saturated carbocycles. The van der Waals surface area contributed by atoms with Crippen LogP contribution < -0.4 is 5.32 Å². The van der Waals surface area contributed by atoms with Gasteiger partial charge in [0.1, 0.15) is 12.4 Å². The number of morpholine rings is 1. The second kappa shape index (κ2) is 9.31. The Hall–Kier alpha value is -3.18. The number of ether oxygens (including phenoxy) is 1. The number of aromatic nitrogens is 6. The Morgan fingerprint density at radius 1 is 1.19 bits per heavy atom. The number of carbonyl (C=O) groups excluding carboxylic acids is 1. The summed E-state index contributed by atoms with van der Waals surface area (Å²) in [6.45, 7) is 7.76. The zero-order chi connectivity index (χ0) is 21.8. The van der Waals surface area contributed by atoms with Crippen molar-refractivity contribution in [2.75, 3.05) is 26.3 Å². The SMILES string of the molecule is Cc1nn(-c2ccc(F)cc2)c(C)c1CNC(=O)Cn1nnnc1CN1CCOCC1. The van der Waals surface area contributed by atoms with Gasteiger partial charge in [0.15, 0.2) is 5.82 Å². The second-order valence-electron chi connectivity index (χ2n) is 7.46. The van der Waals surface area contributed by atoms with E-state index >= 15 is 0 Å². The van der Waals surface area contributed by atoms with E-state index in [1.165, 1.54) is 16.8 Å². The average molecular weight is 428 g/mol. The third-order valence-electron chi connectivity index (χ3n) is 5.34. The molecule has 3 aromatic rings. The lowest BCUT2D eigenvalue weighted by atomic mass is 10.2. The van der Waals surface area contributed by atoms with Crippen molar-refractivity contribution in [1.29, 1.82) is 0 Å². The maximum atomic E-state index is 13.2. The molecule has 3 heterocycles. The number of nitrogens with zero attached hydrogens (tertiary/aromatic N) is 7. The summed E-state index contributed by atoms with van der Waals surface area (Å²) < 4.78 is 21.8. The van der Waals surface area contributed by atoms with E-state index in [9.17, 15) is 9.18 Å². The number of hydrogen-bond acceptors (Lipinski definition) is 7. The molecule has 1 fully saturated rings. The van der Waals surface area contributed by atoms with Gasteiger partial charge in [-0.05, 0) is 48.5 Å². The molecule has 10 nitrogen and oxygen atoms in total. The first-order valence-electron chi connectivity index (χ1n) is 10.1. The summed E-state index contributed by atoms with van der Waals surface area (Å²) >= 11 is 0. The van der Waals surface area contributed by atoms with Crippen LogP contribution in [0.3, 0.4) is 0 Å². The molecule has 1 aromatic carbocycles. The number of halogens is 1. The van der Waals surface area contributed by atoms with E-state index in [0.29, 0.717) is 32.1 Å². The first-order chi connectivity index (χ1) is 15.0. The van der Waals surface area contributed by atoms with Crippen molar-refractivity contribution in [3.63, 3.8) is 0 Å². The van der Waals surface area contributed by atoms with Crippen LogP contribution in [0.25, 0.3) is 5.69 Å². The standard InChI is InChI=1S/C20H25FN8O2/c1-14-18(15(2)29(24-14)17-5-3-16(21)4-6-17)11-22-20(30)13-28-19(23-25-26-28)12-27-7-9-31-10-8-27/h3-6H,7-13H2,1-2H3,(H,22,30). The monoisotopic (exact) mass is 428 g/mol. The molecule has 0 spiro atoms. The average Bonchev–Trinajstić information content (AvgIpc) is 3.31. The van der Waals surface area contributed by atoms with Gasteiger partial charge in [0.05, 0.1) is 31.1 Å². The highest BCUT2D eigenvalue weighted by Gasteiger charge is 2.18. The van der Waals surface area contributed by atoms with Crippen molar-refractivity contribution in [2.45, 2.75) is 33.5 Å². The zero-order valence-corrected chi connectivity index (χ0v) is 17.6. The van der Waals surface area contributed by atoms with Gasteiger partial charge in [0.2, 0.25) is 5.91 Å². The summed E-state index contributed by atoms with van der Waals surface area (Å²) in [4.78, 5) is 14.7. The lowest BCUT2D eigenvalue weighted by molar-refractivity contribution is -0.122. The third-order valence-corrected chi connectivity index (χ3v) is 5.34. The van der Waals surface area contributed by atoms with E-state index < -0.39 is 0 Å². The number of hydrogen-bond donors (Lipinski definition) is 1. The Balaban J connectivity index is 1.37. The fourth-order valence-electron chi connectivity index (χ4n) is 3.56. The Kier molecular flexibility index (Phi) is 6.33. The number of carbonyl (C=O) groups is 1. The van der Waals surface area contributed by atoms with E-state index in [1.807, 2.05) is 13.8 Å². The second-order valence-corrected chi connectivity index (χ2v) is 7.46. The minimum atomic E-state index is -0.298. The van der Waals surface area contributed by atoms with Crippen LogP contribution >= 0.6 is 0 Å². The quantitative estimate of drug-likeness (QED) is 0.593. The molecule has 31 heavy (non-hydrogen) atoms. The minimum Gasteiger partial charge on any atom is -0.379 e. The molecule has 4 rings (SSSR count). The van der Waals surface area contributed by atoms with E-state index in [4.69, 9.17) is 4.74 Å². The van der Waals surface area contributed by atoms with Crippen LogP contribution in [0, 0.1) is 19.7 Å². The number of rotatable bonds is 7. The molecular formula is C20H25FN8O2. The summed E-state index contributed by atoms with van der Waals surface area (Å²) in [6.07, 6.45) is 0. The van der Waals surface area contributed by atoms with E-state index in [0.717, 1.165) is 35.7 Å². The molecule has 1 aliphatic rings. The van der Waals surface area contributed by atoms with Crippen molar-refractivity contribution in [3.8, 4) is 5.69 Å². The van der Waals surface area contributed by atoms with Crippen LogP contribution in [0.15, 0.2) is 24.3 Å². The molecule has 0 atom stereocenters. The van der Waals surface area contributed by atoms with Crippen molar-refractivity contribution in [3.05, 3.63) is 52.9 Å². The van der Waals surface area contributed by atoms with Crippen molar-refractivity contribution >= 4 is 5.91 Å². The molecule has 11 heteroatoms.